The van der Waals surface area contributed by atoms with Gasteiger partial charge >= 0.3 is 0 Å². The van der Waals surface area contributed by atoms with E-state index >= 15 is 0 Å². The van der Waals surface area contributed by atoms with Crippen LogP contribution in [-0.2, 0) is 0 Å². The molecule has 0 amide bonds. The van der Waals surface area contributed by atoms with Gasteiger partial charge in [-0.3, -0.25) is 0 Å². The van der Waals surface area contributed by atoms with Crippen molar-refractivity contribution in [2.75, 3.05) is 13.2 Å². The minimum absolute atomic E-state index is 0.298. The molecule has 0 bridgehead atoms. The number of hydrogen-bond acceptors (Lipinski definition) is 3. The zero-order chi connectivity index (χ0) is 15.2. The number of ether oxygens (including phenoxy) is 2. The molecule has 1 unspecified atom stereocenters. The highest BCUT2D eigenvalue weighted by atomic mass is 35.5. The average Bonchev–Trinajstić information content (AvgIpc) is 2.50. The van der Waals surface area contributed by atoms with E-state index in [-0.39, 0.29) is 6.04 Å². The van der Waals surface area contributed by atoms with E-state index in [1.165, 1.54) is 0 Å². The zero-order valence-corrected chi connectivity index (χ0v) is 13.1. The Hall–Kier alpha value is -1.71. The van der Waals surface area contributed by atoms with Gasteiger partial charge in [-0.1, -0.05) is 41.9 Å². The third kappa shape index (κ3) is 3.69. The SMILES string of the molecule is CCOc1cc(Cl)c(C(N)c2ccccc2)cc1OCC. The molecule has 0 spiro atoms. The lowest BCUT2D eigenvalue weighted by atomic mass is 9.99. The largest absolute Gasteiger partial charge is 0.490 e. The molecule has 0 radical (unpaired) electrons. The third-order valence-corrected chi connectivity index (χ3v) is 3.48. The lowest BCUT2D eigenvalue weighted by Crippen LogP contribution is -2.13. The Kier molecular flexibility index (Phi) is 5.48. The second-order valence-electron chi connectivity index (χ2n) is 4.57. The Morgan fingerprint density at radius 2 is 1.57 bits per heavy atom. The molecule has 1 atom stereocenters. The fourth-order valence-electron chi connectivity index (χ4n) is 2.17. The van der Waals surface area contributed by atoms with Gasteiger partial charge < -0.3 is 15.2 Å². The van der Waals surface area contributed by atoms with E-state index in [0.29, 0.717) is 29.7 Å². The summed E-state index contributed by atoms with van der Waals surface area (Å²) in [6.45, 7) is 4.97. The maximum atomic E-state index is 6.37. The third-order valence-electron chi connectivity index (χ3n) is 3.16. The van der Waals surface area contributed by atoms with Crippen molar-refractivity contribution in [1.29, 1.82) is 0 Å². The Balaban J connectivity index is 2.41. The average molecular weight is 306 g/mol. The molecule has 0 aliphatic heterocycles. The van der Waals surface area contributed by atoms with Crippen LogP contribution in [0.25, 0.3) is 0 Å². The molecule has 0 saturated carbocycles. The fourth-order valence-corrected chi connectivity index (χ4v) is 2.44. The van der Waals surface area contributed by atoms with E-state index in [0.717, 1.165) is 11.1 Å². The Bertz CT molecular complexity index is 587. The quantitative estimate of drug-likeness (QED) is 0.870. The maximum Gasteiger partial charge on any atom is 0.162 e. The summed E-state index contributed by atoms with van der Waals surface area (Å²) in [7, 11) is 0. The van der Waals surface area contributed by atoms with Gasteiger partial charge in [0.1, 0.15) is 0 Å². The molecule has 2 rings (SSSR count). The number of hydrogen-bond donors (Lipinski definition) is 1. The first-order valence-corrected chi connectivity index (χ1v) is 7.44. The molecule has 4 heteroatoms. The minimum atomic E-state index is -0.298. The molecule has 0 fully saturated rings. The van der Waals surface area contributed by atoms with Crippen molar-refractivity contribution in [2.45, 2.75) is 19.9 Å². The maximum absolute atomic E-state index is 6.37. The minimum Gasteiger partial charge on any atom is -0.490 e. The fraction of sp³-hybridized carbons (Fsp3) is 0.294. The summed E-state index contributed by atoms with van der Waals surface area (Å²) in [5.41, 5.74) is 8.16. The van der Waals surface area contributed by atoms with E-state index in [4.69, 9.17) is 26.8 Å². The molecule has 0 heterocycles. The second-order valence-corrected chi connectivity index (χ2v) is 4.98. The Morgan fingerprint density at radius 1 is 1.00 bits per heavy atom. The molecule has 0 aliphatic rings. The van der Waals surface area contributed by atoms with Gasteiger partial charge in [-0.2, -0.15) is 0 Å². The summed E-state index contributed by atoms with van der Waals surface area (Å²) in [6, 6.07) is 13.2. The van der Waals surface area contributed by atoms with Crippen molar-refractivity contribution < 1.29 is 9.47 Å². The highest BCUT2D eigenvalue weighted by Gasteiger charge is 2.17. The molecule has 3 nitrogen and oxygen atoms in total. The molecule has 112 valence electrons. The summed E-state index contributed by atoms with van der Waals surface area (Å²) in [6.07, 6.45) is 0. The van der Waals surface area contributed by atoms with Crippen molar-refractivity contribution in [2.24, 2.45) is 5.73 Å². The second kappa shape index (κ2) is 7.34. The van der Waals surface area contributed by atoms with E-state index < -0.39 is 0 Å². The van der Waals surface area contributed by atoms with Crippen LogP contribution in [0.4, 0.5) is 0 Å². The van der Waals surface area contributed by atoms with Crippen LogP contribution in [0.5, 0.6) is 11.5 Å². The molecule has 0 aromatic heterocycles. The number of rotatable bonds is 6. The number of halogens is 1. The first kappa shape index (κ1) is 15.7. The van der Waals surface area contributed by atoms with Gasteiger partial charge in [-0.25, -0.2) is 0 Å². The smallest absolute Gasteiger partial charge is 0.162 e. The Labute approximate surface area is 130 Å². The van der Waals surface area contributed by atoms with Gasteiger partial charge in [0.25, 0.3) is 0 Å². The molecular weight excluding hydrogens is 286 g/mol. The first-order valence-electron chi connectivity index (χ1n) is 7.06. The highest BCUT2D eigenvalue weighted by Crippen LogP contribution is 2.37. The van der Waals surface area contributed by atoms with Crippen molar-refractivity contribution in [3.8, 4) is 11.5 Å². The number of benzene rings is 2. The molecule has 2 N–H and O–H groups in total. The van der Waals surface area contributed by atoms with Gasteiger partial charge in [0.05, 0.1) is 19.3 Å². The van der Waals surface area contributed by atoms with Gasteiger partial charge in [-0.05, 0) is 31.0 Å². The summed E-state index contributed by atoms with van der Waals surface area (Å²) in [5.74, 6) is 1.32. The molecular formula is C17H20ClNO2. The van der Waals surface area contributed by atoms with Crippen LogP contribution in [0.1, 0.15) is 31.0 Å². The highest BCUT2D eigenvalue weighted by molar-refractivity contribution is 6.31. The summed E-state index contributed by atoms with van der Waals surface area (Å²) >= 11 is 6.37. The monoisotopic (exact) mass is 305 g/mol. The zero-order valence-electron chi connectivity index (χ0n) is 12.3. The van der Waals surface area contributed by atoms with Gasteiger partial charge in [-0.15, -0.1) is 0 Å². The van der Waals surface area contributed by atoms with Crippen molar-refractivity contribution >= 4 is 11.6 Å². The predicted octanol–water partition coefficient (Wildman–Crippen LogP) is 4.19. The van der Waals surface area contributed by atoms with Crippen LogP contribution in [-0.4, -0.2) is 13.2 Å². The van der Waals surface area contributed by atoms with Gasteiger partial charge in [0.2, 0.25) is 0 Å². The molecule has 21 heavy (non-hydrogen) atoms. The standard InChI is InChI=1S/C17H20ClNO2/c1-3-20-15-10-13(14(18)11-16(15)21-4-2)17(19)12-8-6-5-7-9-12/h5-11,17H,3-4,19H2,1-2H3. The van der Waals surface area contributed by atoms with Crippen molar-refractivity contribution in [1.82, 2.24) is 0 Å². The lowest BCUT2D eigenvalue weighted by molar-refractivity contribution is 0.287. The van der Waals surface area contributed by atoms with Gasteiger partial charge in [0.15, 0.2) is 11.5 Å². The van der Waals surface area contributed by atoms with Crippen LogP contribution in [0.2, 0.25) is 5.02 Å². The lowest BCUT2D eigenvalue weighted by Gasteiger charge is -2.18. The Morgan fingerprint density at radius 3 is 2.14 bits per heavy atom. The van der Waals surface area contributed by atoms with E-state index in [1.54, 1.807) is 6.07 Å². The first-order chi connectivity index (χ1) is 10.2. The van der Waals surface area contributed by atoms with Crippen LogP contribution in [0.15, 0.2) is 42.5 Å². The van der Waals surface area contributed by atoms with E-state index in [9.17, 15) is 0 Å². The number of nitrogens with two attached hydrogens (primary N) is 1. The topological polar surface area (TPSA) is 44.5 Å². The molecule has 0 aliphatic carbocycles. The van der Waals surface area contributed by atoms with Crippen LogP contribution >= 0.6 is 11.6 Å². The molecule has 0 saturated heterocycles. The normalized spacial score (nSPS) is 12.0. The summed E-state index contributed by atoms with van der Waals surface area (Å²) in [5, 5.41) is 0.582. The summed E-state index contributed by atoms with van der Waals surface area (Å²) < 4.78 is 11.2. The predicted molar refractivity (Wildman–Crippen MR) is 86.3 cm³/mol. The van der Waals surface area contributed by atoms with Gasteiger partial charge in [0, 0.05) is 11.1 Å². The summed E-state index contributed by atoms with van der Waals surface area (Å²) in [4.78, 5) is 0. The van der Waals surface area contributed by atoms with E-state index in [2.05, 4.69) is 0 Å². The van der Waals surface area contributed by atoms with E-state index in [1.807, 2.05) is 50.2 Å². The van der Waals surface area contributed by atoms with Crippen LogP contribution in [0, 0.1) is 0 Å². The van der Waals surface area contributed by atoms with Crippen molar-refractivity contribution in [3.63, 3.8) is 0 Å². The van der Waals surface area contributed by atoms with Crippen LogP contribution in [0.3, 0.4) is 0 Å². The molecule has 2 aromatic rings. The molecule has 2 aromatic carbocycles. The van der Waals surface area contributed by atoms with Crippen molar-refractivity contribution in [3.05, 3.63) is 58.6 Å². The van der Waals surface area contributed by atoms with Crippen LogP contribution < -0.4 is 15.2 Å².